The van der Waals surface area contributed by atoms with Crippen molar-refractivity contribution in [1.29, 1.82) is 0 Å². The Labute approximate surface area is 177 Å². The quantitative estimate of drug-likeness (QED) is 0.199. The van der Waals surface area contributed by atoms with Crippen LogP contribution in [0.5, 0.6) is 0 Å². The van der Waals surface area contributed by atoms with Crippen LogP contribution in [0.15, 0.2) is 29.5 Å². The van der Waals surface area contributed by atoms with Gasteiger partial charge in [0, 0.05) is 38.4 Å². The fraction of sp³-hybridized carbons (Fsp3) is 0.611. The fourth-order valence-electron chi connectivity index (χ4n) is 2.48. The maximum atomic E-state index is 11.9. The molecule has 1 aliphatic rings. The van der Waals surface area contributed by atoms with Crippen LogP contribution in [-0.4, -0.2) is 62.9 Å². The molecule has 0 aliphatic carbocycles. The summed E-state index contributed by atoms with van der Waals surface area (Å²) in [6.07, 6.45) is 5.23. The van der Waals surface area contributed by atoms with Gasteiger partial charge in [-0.3, -0.25) is 9.78 Å². The number of nitrogens with one attached hydrogen (secondary N) is 3. The molecule has 1 aromatic rings. The monoisotopic (exact) mass is 491 g/mol. The molecular formula is C18H30IN5O3. The SMILES string of the molecule is CCNC(=NCC(=O)Nc1cccnc1)NCCCOCC1CCOC1.I. The summed E-state index contributed by atoms with van der Waals surface area (Å²) in [5, 5.41) is 9.09. The lowest BCUT2D eigenvalue weighted by molar-refractivity contribution is -0.114. The minimum atomic E-state index is -0.183. The maximum Gasteiger partial charge on any atom is 0.246 e. The van der Waals surface area contributed by atoms with Gasteiger partial charge in [0.1, 0.15) is 6.54 Å². The molecule has 2 rings (SSSR count). The van der Waals surface area contributed by atoms with E-state index in [1.807, 2.05) is 6.92 Å². The van der Waals surface area contributed by atoms with Gasteiger partial charge in [-0.1, -0.05) is 0 Å². The van der Waals surface area contributed by atoms with Gasteiger partial charge >= 0.3 is 0 Å². The molecule has 1 unspecified atom stereocenters. The zero-order valence-corrected chi connectivity index (χ0v) is 18.1. The van der Waals surface area contributed by atoms with Gasteiger partial charge in [0.25, 0.3) is 0 Å². The molecule has 9 heteroatoms. The van der Waals surface area contributed by atoms with E-state index in [-0.39, 0.29) is 36.4 Å². The van der Waals surface area contributed by atoms with Crippen molar-refractivity contribution in [3.05, 3.63) is 24.5 Å². The van der Waals surface area contributed by atoms with Gasteiger partial charge < -0.3 is 25.4 Å². The second kappa shape index (κ2) is 14.6. The van der Waals surface area contributed by atoms with Gasteiger partial charge in [0.2, 0.25) is 5.91 Å². The van der Waals surface area contributed by atoms with E-state index in [4.69, 9.17) is 9.47 Å². The van der Waals surface area contributed by atoms with Crippen molar-refractivity contribution in [2.75, 3.05) is 51.4 Å². The first-order chi connectivity index (χ1) is 12.8. The molecule has 3 N–H and O–H groups in total. The van der Waals surface area contributed by atoms with Gasteiger partial charge in [-0.2, -0.15) is 0 Å². The van der Waals surface area contributed by atoms with E-state index >= 15 is 0 Å². The topological polar surface area (TPSA) is 96.9 Å². The number of hydrogen-bond acceptors (Lipinski definition) is 5. The van der Waals surface area contributed by atoms with Crippen molar-refractivity contribution >= 4 is 41.5 Å². The molecule has 0 bridgehead atoms. The summed E-state index contributed by atoms with van der Waals surface area (Å²) in [6.45, 7) is 6.63. The first-order valence-electron chi connectivity index (χ1n) is 9.15. The van der Waals surface area contributed by atoms with Crippen LogP contribution in [0.3, 0.4) is 0 Å². The van der Waals surface area contributed by atoms with E-state index in [0.29, 0.717) is 24.2 Å². The fourth-order valence-corrected chi connectivity index (χ4v) is 2.48. The van der Waals surface area contributed by atoms with Crippen LogP contribution < -0.4 is 16.0 Å². The van der Waals surface area contributed by atoms with E-state index in [2.05, 4.69) is 25.9 Å². The number of amides is 1. The standard InChI is InChI=1S/C18H29N5O3.HI/c1-2-20-18(21-8-4-9-25-13-15-6-10-26-14-15)22-12-17(24)23-16-5-3-7-19-11-16;/h3,5,7,11,15H,2,4,6,8-10,12-14H2,1H3,(H,23,24)(H2,20,21,22);1H. The van der Waals surface area contributed by atoms with Crippen molar-refractivity contribution in [1.82, 2.24) is 15.6 Å². The lowest BCUT2D eigenvalue weighted by atomic mass is 10.1. The lowest BCUT2D eigenvalue weighted by Crippen LogP contribution is -2.38. The van der Waals surface area contributed by atoms with Crippen LogP contribution in [0.25, 0.3) is 0 Å². The van der Waals surface area contributed by atoms with Crippen molar-refractivity contribution in [2.24, 2.45) is 10.9 Å². The van der Waals surface area contributed by atoms with Crippen LogP contribution in [0.4, 0.5) is 5.69 Å². The molecule has 152 valence electrons. The summed E-state index contributed by atoms with van der Waals surface area (Å²) in [4.78, 5) is 20.2. The Balaban J connectivity index is 0.00000364. The number of anilines is 1. The third-order valence-electron chi connectivity index (χ3n) is 3.81. The van der Waals surface area contributed by atoms with Crippen LogP contribution in [0.2, 0.25) is 0 Å². The second-order valence-corrected chi connectivity index (χ2v) is 6.07. The van der Waals surface area contributed by atoms with Gasteiger partial charge in [-0.05, 0) is 31.9 Å². The number of nitrogens with zero attached hydrogens (tertiary/aromatic N) is 2. The average Bonchev–Trinajstić information content (AvgIpc) is 3.16. The Bertz CT molecular complexity index is 553. The molecule has 1 amide bonds. The first-order valence-corrected chi connectivity index (χ1v) is 9.15. The summed E-state index contributed by atoms with van der Waals surface area (Å²) < 4.78 is 11.0. The highest BCUT2D eigenvalue weighted by Gasteiger charge is 2.15. The molecule has 0 aromatic carbocycles. The Hall–Kier alpha value is -1.46. The van der Waals surface area contributed by atoms with Gasteiger partial charge in [-0.15, -0.1) is 24.0 Å². The molecule has 1 aromatic heterocycles. The van der Waals surface area contributed by atoms with E-state index in [1.54, 1.807) is 24.5 Å². The summed E-state index contributed by atoms with van der Waals surface area (Å²) in [7, 11) is 0. The number of aromatic nitrogens is 1. The Morgan fingerprint density at radius 1 is 1.44 bits per heavy atom. The smallest absolute Gasteiger partial charge is 0.246 e. The number of halogens is 1. The highest BCUT2D eigenvalue weighted by Crippen LogP contribution is 2.12. The number of guanidine groups is 1. The molecule has 2 heterocycles. The molecule has 1 atom stereocenters. The average molecular weight is 491 g/mol. The number of carbonyl (C=O) groups excluding carboxylic acids is 1. The number of hydrogen-bond donors (Lipinski definition) is 3. The molecular weight excluding hydrogens is 461 g/mol. The van der Waals surface area contributed by atoms with Crippen molar-refractivity contribution < 1.29 is 14.3 Å². The number of aliphatic imine (C=N–C) groups is 1. The van der Waals surface area contributed by atoms with Crippen LogP contribution in [-0.2, 0) is 14.3 Å². The Kier molecular flexibility index (Phi) is 12.7. The maximum absolute atomic E-state index is 11.9. The minimum Gasteiger partial charge on any atom is -0.381 e. The van der Waals surface area contributed by atoms with E-state index in [1.165, 1.54) is 0 Å². The first kappa shape index (κ1) is 23.6. The highest BCUT2D eigenvalue weighted by molar-refractivity contribution is 14.0. The van der Waals surface area contributed by atoms with Crippen molar-refractivity contribution in [3.63, 3.8) is 0 Å². The predicted octanol–water partition coefficient (Wildman–Crippen LogP) is 1.64. The third kappa shape index (κ3) is 10.5. The molecule has 0 spiro atoms. The predicted molar refractivity (Wildman–Crippen MR) is 117 cm³/mol. The molecule has 1 fully saturated rings. The molecule has 1 saturated heterocycles. The van der Waals surface area contributed by atoms with Gasteiger partial charge in [-0.25, -0.2) is 4.99 Å². The molecule has 27 heavy (non-hydrogen) atoms. The number of rotatable bonds is 10. The van der Waals surface area contributed by atoms with Crippen LogP contribution >= 0.6 is 24.0 Å². The third-order valence-corrected chi connectivity index (χ3v) is 3.81. The lowest BCUT2D eigenvalue weighted by Gasteiger charge is -2.12. The van der Waals surface area contributed by atoms with Gasteiger partial charge in [0.05, 0.1) is 25.1 Å². The molecule has 8 nitrogen and oxygen atoms in total. The number of pyridine rings is 1. The second-order valence-electron chi connectivity index (χ2n) is 6.07. The van der Waals surface area contributed by atoms with E-state index in [9.17, 15) is 4.79 Å². The molecule has 0 radical (unpaired) electrons. The van der Waals surface area contributed by atoms with Crippen molar-refractivity contribution in [3.8, 4) is 0 Å². The zero-order chi connectivity index (χ0) is 18.5. The highest BCUT2D eigenvalue weighted by atomic mass is 127. The normalized spacial score (nSPS) is 16.5. The van der Waals surface area contributed by atoms with Crippen LogP contribution in [0.1, 0.15) is 19.8 Å². The Morgan fingerprint density at radius 3 is 3.04 bits per heavy atom. The summed E-state index contributed by atoms with van der Waals surface area (Å²) in [6, 6.07) is 3.56. The van der Waals surface area contributed by atoms with Crippen LogP contribution in [0, 0.1) is 5.92 Å². The molecule has 0 saturated carbocycles. The summed E-state index contributed by atoms with van der Waals surface area (Å²) >= 11 is 0. The summed E-state index contributed by atoms with van der Waals surface area (Å²) in [5.41, 5.74) is 0.662. The van der Waals surface area contributed by atoms with Gasteiger partial charge in [0.15, 0.2) is 5.96 Å². The molecule has 1 aliphatic heterocycles. The van der Waals surface area contributed by atoms with E-state index in [0.717, 1.165) is 45.8 Å². The largest absolute Gasteiger partial charge is 0.381 e. The Morgan fingerprint density at radius 2 is 2.33 bits per heavy atom. The van der Waals surface area contributed by atoms with Crippen molar-refractivity contribution in [2.45, 2.75) is 19.8 Å². The number of carbonyl (C=O) groups is 1. The summed E-state index contributed by atoms with van der Waals surface area (Å²) in [5.74, 6) is 0.982. The van der Waals surface area contributed by atoms with E-state index < -0.39 is 0 Å². The zero-order valence-electron chi connectivity index (χ0n) is 15.8. The number of ether oxygens (including phenoxy) is 2. The minimum absolute atomic E-state index is 0.